The molecule has 0 aliphatic carbocycles. The minimum absolute atomic E-state index is 0.845. The number of pyridine rings is 1. The van der Waals surface area contributed by atoms with Crippen molar-refractivity contribution < 1.29 is 0 Å². The maximum absolute atomic E-state index is 4.74. The molecule has 0 spiro atoms. The molecule has 100 valence electrons. The number of imidazole rings is 1. The molecule has 3 aromatic rings. The third-order valence-electron chi connectivity index (χ3n) is 3.83. The van der Waals surface area contributed by atoms with E-state index in [2.05, 4.69) is 39.1 Å². The predicted molar refractivity (Wildman–Crippen MR) is 78.5 cm³/mol. The number of nitrogens with one attached hydrogen (secondary N) is 1. The first-order chi connectivity index (χ1) is 9.90. The van der Waals surface area contributed by atoms with Crippen LogP contribution in [0.15, 0.2) is 42.6 Å². The molecule has 0 radical (unpaired) electrons. The zero-order valence-corrected chi connectivity index (χ0v) is 11.2. The zero-order valence-electron chi connectivity index (χ0n) is 11.2. The maximum atomic E-state index is 4.74. The Hall–Kier alpha value is -2.20. The molecule has 1 N–H and O–H groups in total. The fraction of sp³-hybridized carbons (Fsp3) is 0.250. The normalized spacial score (nSPS) is 14.4. The molecule has 0 bridgehead atoms. The van der Waals surface area contributed by atoms with Gasteiger partial charge < -0.3 is 9.88 Å². The summed E-state index contributed by atoms with van der Waals surface area (Å²) in [4.78, 5) is 9.23. The summed E-state index contributed by atoms with van der Waals surface area (Å²) in [5, 5.41) is 4.53. The Morgan fingerprint density at radius 1 is 1.15 bits per heavy atom. The van der Waals surface area contributed by atoms with Crippen LogP contribution in [-0.4, -0.2) is 21.1 Å². The number of hydrogen-bond donors (Lipinski definition) is 1. The number of fused-ring (bicyclic) bond motifs is 2. The Balaban J connectivity index is 1.68. The molecule has 4 rings (SSSR count). The number of hydrogen-bond acceptors (Lipinski definition) is 3. The lowest BCUT2D eigenvalue weighted by atomic mass is 10.1. The van der Waals surface area contributed by atoms with E-state index in [0.717, 1.165) is 43.1 Å². The summed E-state index contributed by atoms with van der Waals surface area (Å²) in [6, 6.07) is 12.5. The van der Waals surface area contributed by atoms with E-state index in [1.165, 1.54) is 11.1 Å². The molecule has 0 saturated carbocycles. The van der Waals surface area contributed by atoms with Crippen LogP contribution in [0.25, 0.3) is 10.9 Å². The highest BCUT2D eigenvalue weighted by molar-refractivity contribution is 5.78. The highest BCUT2D eigenvalue weighted by Gasteiger charge is 2.14. The lowest BCUT2D eigenvalue weighted by Gasteiger charge is -2.17. The SMILES string of the molecule is c1ccc2nc(Cc3cnc4n3CCNC4)ccc2c1. The van der Waals surface area contributed by atoms with E-state index < -0.39 is 0 Å². The molecule has 0 fully saturated rings. The van der Waals surface area contributed by atoms with Gasteiger partial charge in [-0.1, -0.05) is 24.3 Å². The van der Waals surface area contributed by atoms with Crippen molar-refractivity contribution in [2.24, 2.45) is 0 Å². The van der Waals surface area contributed by atoms with E-state index >= 15 is 0 Å². The molecule has 0 atom stereocenters. The minimum Gasteiger partial charge on any atom is -0.329 e. The molecule has 0 unspecified atom stereocenters. The zero-order chi connectivity index (χ0) is 13.4. The van der Waals surface area contributed by atoms with Crippen LogP contribution in [0.5, 0.6) is 0 Å². The van der Waals surface area contributed by atoms with Gasteiger partial charge >= 0.3 is 0 Å². The number of para-hydroxylation sites is 1. The molecule has 1 aromatic carbocycles. The smallest absolute Gasteiger partial charge is 0.122 e. The van der Waals surface area contributed by atoms with Gasteiger partial charge in [0.25, 0.3) is 0 Å². The van der Waals surface area contributed by atoms with Gasteiger partial charge in [0, 0.05) is 42.5 Å². The maximum Gasteiger partial charge on any atom is 0.122 e. The summed E-state index contributed by atoms with van der Waals surface area (Å²) >= 11 is 0. The predicted octanol–water partition coefficient (Wildman–Crippen LogP) is 2.13. The fourth-order valence-electron chi connectivity index (χ4n) is 2.79. The minimum atomic E-state index is 0.845. The van der Waals surface area contributed by atoms with E-state index in [1.54, 1.807) is 0 Å². The quantitative estimate of drug-likeness (QED) is 0.771. The molecule has 3 heterocycles. The van der Waals surface area contributed by atoms with Gasteiger partial charge in [0.15, 0.2) is 0 Å². The van der Waals surface area contributed by atoms with Gasteiger partial charge in [-0.25, -0.2) is 4.98 Å². The van der Waals surface area contributed by atoms with Crippen LogP contribution in [0.2, 0.25) is 0 Å². The first-order valence-electron chi connectivity index (χ1n) is 6.99. The van der Waals surface area contributed by atoms with Crippen LogP contribution in [0.3, 0.4) is 0 Å². The summed E-state index contributed by atoms with van der Waals surface area (Å²) < 4.78 is 2.31. The van der Waals surface area contributed by atoms with Crippen LogP contribution in [0, 0.1) is 0 Å². The van der Waals surface area contributed by atoms with Crippen LogP contribution in [0.4, 0.5) is 0 Å². The first-order valence-corrected chi connectivity index (χ1v) is 6.99. The molecule has 4 nitrogen and oxygen atoms in total. The highest BCUT2D eigenvalue weighted by Crippen LogP contribution is 2.16. The Morgan fingerprint density at radius 2 is 2.10 bits per heavy atom. The van der Waals surface area contributed by atoms with Gasteiger partial charge in [-0.05, 0) is 12.1 Å². The first kappa shape index (κ1) is 11.6. The summed E-state index contributed by atoms with van der Waals surface area (Å²) in [6.07, 6.45) is 2.83. The molecule has 0 amide bonds. The van der Waals surface area contributed by atoms with Crippen molar-refractivity contribution in [1.29, 1.82) is 0 Å². The fourth-order valence-corrected chi connectivity index (χ4v) is 2.79. The number of rotatable bonds is 2. The lowest BCUT2D eigenvalue weighted by Crippen LogP contribution is -2.29. The van der Waals surface area contributed by atoms with Crippen molar-refractivity contribution in [3.05, 3.63) is 59.8 Å². The molecule has 4 heteroatoms. The van der Waals surface area contributed by atoms with Crippen LogP contribution >= 0.6 is 0 Å². The second kappa shape index (κ2) is 4.72. The van der Waals surface area contributed by atoms with Crippen LogP contribution < -0.4 is 5.32 Å². The molecule has 0 saturated heterocycles. The Labute approximate surface area is 117 Å². The number of benzene rings is 1. The van der Waals surface area contributed by atoms with Crippen molar-refractivity contribution in [3.63, 3.8) is 0 Å². The van der Waals surface area contributed by atoms with Gasteiger partial charge in [0.2, 0.25) is 0 Å². The van der Waals surface area contributed by atoms with E-state index in [4.69, 9.17) is 4.98 Å². The summed E-state index contributed by atoms with van der Waals surface area (Å²) in [6.45, 7) is 2.88. The molecule has 20 heavy (non-hydrogen) atoms. The molecule has 1 aliphatic rings. The third-order valence-corrected chi connectivity index (χ3v) is 3.83. The monoisotopic (exact) mass is 264 g/mol. The number of aromatic nitrogens is 3. The Morgan fingerprint density at radius 3 is 3.10 bits per heavy atom. The Bertz CT molecular complexity index is 760. The van der Waals surface area contributed by atoms with E-state index in [-0.39, 0.29) is 0 Å². The molecule has 1 aliphatic heterocycles. The second-order valence-corrected chi connectivity index (χ2v) is 5.17. The summed E-state index contributed by atoms with van der Waals surface area (Å²) in [7, 11) is 0. The number of nitrogens with zero attached hydrogens (tertiary/aromatic N) is 3. The largest absolute Gasteiger partial charge is 0.329 e. The van der Waals surface area contributed by atoms with Crippen molar-refractivity contribution in [3.8, 4) is 0 Å². The van der Waals surface area contributed by atoms with Crippen LogP contribution in [0.1, 0.15) is 17.2 Å². The van der Waals surface area contributed by atoms with Gasteiger partial charge in [-0.3, -0.25) is 4.98 Å². The average Bonchev–Trinajstić information content (AvgIpc) is 2.91. The van der Waals surface area contributed by atoms with Crippen molar-refractivity contribution >= 4 is 10.9 Å². The van der Waals surface area contributed by atoms with Gasteiger partial charge in [0.1, 0.15) is 5.82 Å². The lowest BCUT2D eigenvalue weighted by molar-refractivity contribution is 0.495. The average molecular weight is 264 g/mol. The van der Waals surface area contributed by atoms with Crippen molar-refractivity contribution in [1.82, 2.24) is 19.9 Å². The molecular formula is C16H16N4. The van der Waals surface area contributed by atoms with Gasteiger partial charge in [-0.2, -0.15) is 0 Å². The summed E-state index contributed by atoms with van der Waals surface area (Å²) in [5.41, 5.74) is 3.42. The van der Waals surface area contributed by atoms with E-state index in [0.29, 0.717) is 0 Å². The van der Waals surface area contributed by atoms with E-state index in [9.17, 15) is 0 Å². The van der Waals surface area contributed by atoms with Crippen molar-refractivity contribution in [2.45, 2.75) is 19.5 Å². The molecular weight excluding hydrogens is 248 g/mol. The standard InChI is InChI=1S/C16H16N4/c1-2-4-15-12(3-1)5-6-13(19-15)9-14-10-18-16-11-17-7-8-20(14)16/h1-6,10,17H,7-9,11H2. The summed E-state index contributed by atoms with van der Waals surface area (Å²) in [5.74, 6) is 1.13. The molecule has 2 aromatic heterocycles. The second-order valence-electron chi connectivity index (χ2n) is 5.17. The van der Waals surface area contributed by atoms with E-state index in [1.807, 2.05) is 18.3 Å². The van der Waals surface area contributed by atoms with Gasteiger partial charge in [0.05, 0.1) is 12.1 Å². The van der Waals surface area contributed by atoms with Crippen molar-refractivity contribution in [2.75, 3.05) is 6.54 Å². The highest BCUT2D eigenvalue weighted by atomic mass is 15.2. The third kappa shape index (κ3) is 1.98. The van der Waals surface area contributed by atoms with Crippen LogP contribution in [-0.2, 0) is 19.5 Å². The Kier molecular flexibility index (Phi) is 2.74. The van der Waals surface area contributed by atoms with Gasteiger partial charge in [-0.15, -0.1) is 0 Å². The topological polar surface area (TPSA) is 42.7 Å².